The number of carbonyl (C=O) groups is 8. The van der Waals surface area contributed by atoms with Gasteiger partial charge in [0.05, 0.1) is 52.1 Å². The van der Waals surface area contributed by atoms with Gasteiger partial charge in [0.25, 0.3) is 0 Å². The van der Waals surface area contributed by atoms with Crippen LogP contribution in [0.25, 0.3) is 0 Å². The number of nitrogens with one attached hydrogen (secondary N) is 1. The van der Waals surface area contributed by atoms with Crippen LogP contribution in [-0.2, 0) is 119 Å². The summed E-state index contributed by atoms with van der Waals surface area (Å²) in [6.45, 7) is 12.0. The van der Waals surface area contributed by atoms with E-state index in [0.717, 1.165) is 33.4 Å². The number of hydrogen-bond acceptors (Lipinski definition) is 19. The minimum Gasteiger partial charge on any atom is -0.508 e. The molecule has 4 aliphatic rings. The van der Waals surface area contributed by atoms with Crippen molar-refractivity contribution in [3.63, 3.8) is 0 Å². The number of aromatic hydroxyl groups is 1. The SMILES string of the molecule is C.COC(=O)[C@@]1(c2cccc(O)c2)CC1C(=O)OC(C)(C)C.COC(=O)[C@@]1(c2cccc(OCc3ccccc3)c2)CC1C(=O)NOC(c1ccccc1)(c1ccccc1)c1ccccc1.COC(=O)[C@@]1(c2cccc(OCc3ccccc3)c2)CC1C(=O)O.COC(=O)[C@@]1(c2cccc(OCc3ccccc3)c2)CC1C(=O)OC(C)(C)C.[2HH].[B]. The maximum absolute atomic E-state index is 13.9. The summed E-state index contributed by atoms with van der Waals surface area (Å²) in [5, 5.41) is 18.9. The molecule has 119 heavy (non-hydrogen) atoms. The van der Waals surface area contributed by atoms with Crippen LogP contribution in [0, 0.1) is 23.7 Å². The van der Waals surface area contributed by atoms with Gasteiger partial charge in [-0.2, -0.15) is 0 Å². The van der Waals surface area contributed by atoms with Gasteiger partial charge in [0.2, 0.25) is 5.91 Å². The predicted octanol–water partition coefficient (Wildman–Crippen LogP) is 16.2. The number of rotatable bonds is 26. The number of carboxylic acid groups (broad SMARTS) is 1. The van der Waals surface area contributed by atoms with E-state index in [1.807, 2.05) is 251 Å². The lowest BCUT2D eigenvalue weighted by molar-refractivity contribution is -0.160. The normalized spacial score (nSPS) is 20.0. The summed E-state index contributed by atoms with van der Waals surface area (Å²) in [5.74, 6) is -4.79. The first-order valence-corrected chi connectivity index (χ1v) is 38.4. The number of phenols is 1. The fraction of sp³-hybridized carbons (Fsp3) is 0.299. The molecule has 14 rings (SSSR count). The molecule has 0 heterocycles. The standard InChI is InChI=1S/C38H33NO5.C23H26O5.C19H18O5.C16H20O5.CH4.B.H2/c1-42-36(41)37(32-23-14-24-33(25-32)43-27-28-15-6-2-7-16-28)26-34(37)35(40)39-44-38(29-17-8-3-9-18-29,30-19-10-4-11-20-30)31-21-12-5-13-22-31;1-22(2,3)28-20(24)19-14-23(19,21(25)26-4)17-11-8-12-18(13-17)27-15-16-9-6-5-7-10-16;1-23-18(22)19(11-16(19)17(20)21)14-8-5-9-15(10-14)24-12-13-6-3-2-4-7-13;1-15(2,3)21-13(18)12-9-16(12,14(19)20-4)10-6-5-7-11(17)8-10;;;/h2-25,34H,26-27H2,1H3,(H,39,40);5-13,19H,14-15H2,1-4H3;2-10,16H,11-12H2,1H3,(H,20,21);5-8,12,17H,9H2,1-4H3;1H4;;1H/t34?,37-;19?,23-;16?,19-;12?,16-;;;/m1111.../s1/i;;;;;;1+1. The summed E-state index contributed by atoms with van der Waals surface area (Å²) in [6, 6.07) is 86.7. The van der Waals surface area contributed by atoms with Crippen molar-refractivity contribution in [3.05, 3.63) is 335 Å². The van der Waals surface area contributed by atoms with E-state index in [0.29, 0.717) is 72.2 Å². The van der Waals surface area contributed by atoms with Gasteiger partial charge in [-0.3, -0.25) is 43.2 Å². The Morgan fingerprint density at radius 1 is 0.370 bits per heavy atom. The number of methoxy groups -OCH3 is 4. The number of phenolic OH excluding ortho intramolecular Hbond substituents is 1. The lowest BCUT2D eigenvalue weighted by atomic mass is 9.80. The molecule has 1 amide bonds. The second kappa shape index (κ2) is 39.0. The van der Waals surface area contributed by atoms with Gasteiger partial charge in [-0.1, -0.05) is 238 Å². The van der Waals surface area contributed by atoms with E-state index in [1.54, 1.807) is 57.2 Å². The van der Waals surface area contributed by atoms with Crippen molar-refractivity contribution in [3.8, 4) is 23.0 Å². The Morgan fingerprint density at radius 2 is 0.639 bits per heavy atom. The van der Waals surface area contributed by atoms with Gasteiger partial charge in [0, 0.05) is 9.84 Å². The molecule has 3 N–H and O–H groups in total. The molecule has 619 valence electrons. The molecule has 10 aromatic rings. The van der Waals surface area contributed by atoms with Crippen molar-refractivity contribution in [2.75, 3.05) is 28.4 Å². The van der Waals surface area contributed by atoms with Crippen LogP contribution in [0.3, 0.4) is 0 Å². The minimum absolute atomic E-state index is 0. The van der Waals surface area contributed by atoms with Crippen LogP contribution < -0.4 is 19.7 Å². The Bertz CT molecular complexity index is 5030. The van der Waals surface area contributed by atoms with Crippen molar-refractivity contribution in [2.24, 2.45) is 23.7 Å². The molecule has 21 nitrogen and oxygen atoms in total. The van der Waals surface area contributed by atoms with Gasteiger partial charge < -0.3 is 52.8 Å². The summed E-state index contributed by atoms with van der Waals surface area (Å²) >= 11 is 0. The number of ether oxygens (including phenoxy) is 9. The lowest BCUT2D eigenvalue weighted by Gasteiger charge is -2.35. The van der Waals surface area contributed by atoms with Crippen LogP contribution in [0.5, 0.6) is 23.0 Å². The molecule has 4 aliphatic carbocycles. The lowest BCUT2D eigenvalue weighted by Crippen LogP contribution is -2.42. The predicted molar refractivity (Wildman–Crippen MR) is 449 cm³/mol. The highest BCUT2D eigenvalue weighted by Crippen LogP contribution is 2.60. The van der Waals surface area contributed by atoms with Gasteiger partial charge in [-0.05, 0) is 171 Å². The molecule has 0 aromatic heterocycles. The molecule has 0 bridgehead atoms. The number of carboxylic acids is 1. The molecular weight excluding hydrogens is 1510 g/mol. The van der Waals surface area contributed by atoms with Gasteiger partial charge in [-0.15, -0.1) is 0 Å². The molecule has 0 aliphatic heterocycles. The van der Waals surface area contributed by atoms with E-state index in [2.05, 4.69) is 5.48 Å². The summed E-state index contributed by atoms with van der Waals surface area (Å²) in [6.07, 6.45) is 1.23. The van der Waals surface area contributed by atoms with Crippen molar-refractivity contribution >= 4 is 56.1 Å². The van der Waals surface area contributed by atoms with Crippen molar-refractivity contribution in [1.29, 1.82) is 0 Å². The maximum atomic E-state index is 13.9. The highest BCUT2D eigenvalue weighted by atomic mass is 16.7. The fourth-order valence-corrected chi connectivity index (χ4v) is 14.8. The first kappa shape index (κ1) is 90.1. The van der Waals surface area contributed by atoms with Crippen LogP contribution >= 0.6 is 0 Å². The topological polar surface area (TPSA) is 281 Å². The van der Waals surface area contributed by atoms with E-state index < -0.39 is 104 Å². The van der Waals surface area contributed by atoms with E-state index in [9.17, 15) is 48.6 Å². The number of esters is 6. The zero-order valence-electron chi connectivity index (χ0n) is 67.6. The van der Waals surface area contributed by atoms with Crippen LogP contribution in [0.2, 0.25) is 0 Å². The van der Waals surface area contributed by atoms with Gasteiger partial charge in [0.1, 0.15) is 75.7 Å². The van der Waals surface area contributed by atoms with Crippen molar-refractivity contribution < 1.29 is 97.5 Å². The zero-order valence-corrected chi connectivity index (χ0v) is 67.6. The average molecular weight is 1610 g/mol. The third kappa shape index (κ3) is 20.8. The number of hydrogen-bond donors (Lipinski definition) is 3. The Balaban J connectivity index is 0.000000207. The Morgan fingerprint density at radius 3 is 0.924 bits per heavy atom. The number of carbonyl (C=O) groups excluding carboxylic acids is 7. The highest BCUT2D eigenvalue weighted by Gasteiger charge is 2.70. The van der Waals surface area contributed by atoms with E-state index >= 15 is 0 Å². The van der Waals surface area contributed by atoms with Crippen LogP contribution in [0.4, 0.5) is 0 Å². The van der Waals surface area contributed by atoms with Crippen LogP contribution in [0.1, 0.15) is 132 Å². The Labute approximate surface area is 698 Å². The highest BCUT2D eigenvalue weighted by molar-refractivity contribution is 5.99. The summed E-state index contributed by atoms with van der Waals surface area (Å²) in [4.78, 5) is 107. The summed E-state index contributed by atoms with van der Waals surface area (Å²) in [7, 11) is 5.24. The molecule has 0 spiro atoms. The molecule has 4 fully saturated rings. The van der Waals surface area contributed by atoms with E-state index in [-0.39, 0.29) is 41.8 Å². The fourth-order valence-electron chi connectivity index (χ4n) is 14.8. The molecule has 0 saturated heterocycles. The van der Waals surface area contributed by atoms with Gasteiger partial charge >= 0.3 is 41.8 Å². The monoisotopic (exact) mass is 1610 g/mol. The van der Waals surface area contributed by atoms with Crippen LogP contribution in [-0.4, -0.2) is 106 Å². The average Bonchev–Trinajstić information content (AvgIpc) is 1.56. The number of hydroxylamine groups is 1. The second-order valence-electron chi connectivity index (χ2n) is 31.1. The molecule has 8 atom stereocenters. The smallest absolute Gasteiger partial charge is 0.317 e. The first-order chi connectivity index (χ1) is 56.1. The largest absolute Gasteiger partial charge is 0.508 e. The van der Waals surface area contributed by atoms with Crippen molar-refractivity contribution in [2.45, 2.75) is 133 Å². The van der Waals surface area contributed by atoms with E-state index in [4.69, 9.17) is 47.5 Å². The number of amides is 1. The third-order valence-corrected chi connectivity index (χ3v) is 21.0. The molecular formula is C97H103BNO20. The molecule has 4 saturated carbocycles. The number of aliphatic carboxylic acids is 1. The van der Waals surface area contributed by atoms with E-state index in [1.165, 1.54) is 40.6 Å². The Kier molecular flexibility index (Phi) is 29.5. The quantitative estimate of drug-likeness (QED) is 0.0149. The zero-order chi connectivity index (χ0) is 83.8. The molecule has 3 radical (unpaired) electrons. The van der Waals surface area contributed by atoms with Crippen LogP contribution in [0.15, 0.2) is 279 Å². The van der Waals surface area contributed by atoms with Gasteiger partial charge in [0.15, 0.2) is 5.60 Å². The molecule has 4 unspecified atom stereocenters. The summed E-state index contributed by atoms with van der Waals surface area (Å²) in [5.41, 5.74) is 4.29. The maximum Gasteiger partial charge on any atom is 0.317 e. The minimum atomic E-state index is -1.15. The van der Waals surface area contributed by atoms with Gasteiger partial charge in [-0.25, -0.2) is 5.48 Å². The molecule has 10 aromatic carbocycles. The van der Waals surface area contributed by atoms with Crippen molar-refractivity contribution in [1.82, 2.24) is 5.48 Å². The number of benzene rings is 10. The molecule has 22 heteroatoms. The Hall–Kier alpha value is -12.8. The first-order valence-electron chi connectivity index (χ1n) is 38.4. The third-order valence-electron chi connectivity index (χ3n) is 21.0. The summed E-state index contributed by atoms with van der Waals surface area (Å²) < 4.78 is 48.5. The second-order valence-corrected chi connectivity index (χ2v) is 31.1.